The Balaban J connectivity index is 1.15. The molecule has 1 saturated heterocycles. The molecule has 1 aliphatic carbocycles. The second-order valence-electron chi connectivity index (χ2n) is 10.7. The number of carbonyl (C=O) groups is 2. The minimum absolute atomic E-state index is 0.248. The van der Waals surface area contributed by atoms with Crippen LogP contribution in [0.15, 0.2) is 48.5 Å². The quantitative estimate of drug-likeness (QED) is 0.247. The molecule has 4 rings (SSSR count). The molecule has 0 radical (unpaired) electrons. The normalized spacial score (nSPS) is 17.9. The van der Waals surface area contributed by atoms with E-state index in [1.54, 1.807) is 17.6 Å². The summed E-state index contributed by atoms with van der Waals surface area (Å²) in [5, 5.41) is 21.7. The van der Waals surface area contributed by atoms with Crippen LogP contribution in [0.25, 0.3) is 0 Å². The monoisotopic (exact) mass is 507 g/mol. The molecule has 0 bridgehead atoms. The van der Waals surface area contributed by atoms with Gasteiger partial charge in [0.2, 0.25) is 0 Å². The zero-order valence-electron chi connectivity index (χ0n) is 21.7. The first-order chi connectivity index (χ1) is 18.0. The highest BCUT2D eigenvalue weighted by Gasteiger charge is 2.28. The topological polar surface area (TPSA) is 102 Å². The number of nitrogens with zero attached hydrogens (tertiary/aromatic N) is 1. The van der Waals surface area contributed by atoms with E-state index in [0.29, 0.717) is 12.1 Å². The molecule has 4 N–H and O–H groups in total. The summed E-state index contributed by atoms with van der Waals surface area (Å²) >= 11 is 0. The van der Waals surface area contributed by atoms with Crippen molar-refractivity contribution in [1.82, 2.24) is 10.8 Å². The van der Waals surface area contributed by atoms with Crippen LogP contribution < -0.4 is 15.7 Å². The van der Waals surface area contributed by atoms with Gasteiger partial charge >= 0.3 is 5.97 Å². The van der Waals surface area contributed by atoms with E-state index in [-0.39, 0.29) is 5.92 Å². The molecule has 2 fully saturated rings. The van der Waals surface area contributed by atoms with Gasteiger partial charge < -0.3 is 15.3 Å². The number of rotatable bonds is 11. The fraction of sp³-hybridized carbons (Fsp3) is 0.533. The van der Waals surface area contributed by atoms with Crippen molar-refractivity contribution in [3.63, 3.8) is 0 Å². The highest BCUT2D eigenvalue weighted by molar-refractivity contribution is 5.93. The maximum atomic E-state index is 11.8. The molecule has 1 heterocycles. The Kier molecular flexibility index (Phi) is 9.97. The van der Waals surface area contributed by atoms with Gasteiger partial charge in [0, 0.05) is 30.9 Å². The molecule has 7 heteroatoms. The Morgan fingerprint density at radius 2 is 1.54 bits per heavy atom. The Labute approximate surface area is 220 Å². The molecule has 0 aromatic heterocycles. The van der Waals surface area contributed by atoms with Crippen molar-refractivity contribution in [1.29, 1.82) is 0 Å². The van der Waals surface area contributed by atoms with Crippen LogP contribution in [0.4, 0.5) is 5.69 Å². The lowest BCUT2D eigenvalue weighted by atomic mass is 9.84. The van der Waals surface area contributed by atoms with Crippen LogP contribution in [0.2, 0.25) is 0 Å². The Hall–Kier alpha value is -2.90. The van der Waals surface area contributed by atoms with Crippen LogP contribution in [-0.2, 0) is 17.8 Å². The summed E-state index contributed by atoms with van der Waals surface area (Å²) in [6.45, 7) is 2.65. The van der Waals surface area contributed by atoms with Gasteiger partial charge in [-0.1, -0.05) is 43.5 Å². The van der Waals surface area contributed by atoms with Gasteiger partial charge in [0.25, 0.3) is 5.91 Å². The summed E-state index contributed by atoms with van der Waals surface area (Å²) < 4.78 is 0. The second kappa shape index (κ2) is 13.6. The summed E-state index contributed by atoms with van der Waals surface area (Å²) in [5.41, 5.74) is 5.73. The van der Waals surface area contributed by atoms with E-state index >= 15 is 0 Å². The molecule has 1 saturated carbocycles. The van der Waals surface area contributed by atoms with E-state index in [1.165, 1.54) is 37.7 Å². The predicted molar refractivity (Wildman–Crippen MR) is 145 cm³/mol. The zero-order valence-corrected chi connectivity index (χ0v) is 21.7. The number of carbonyl (C=O) groups excluding carboxylic acids is 1. The lowest BCUT2D eigenvalue weighted by Gasteiger charge is -2.33. The van der Waals surface area contributed by atoms with Gasteiger partial charge in [-0.3, -0.25) is 14.8 Å². The third kappa shape index (κ3) is 7.79. The van der Waals surface area contributed by atoms with Gasteiger partial charge in [-0.15, -0.1) is 0 Å². The summed E-state index contributed by atoms with van der Waals surface area (Å²) in [4.78, 5) is 25.6. The first-order valence-electron chi connectivity index (χ1n) is 13.9. The van der Waals surface area contributed by atoms with Crippen LogP contribution in [0.3, 0.4) is 0 Å². The van der Waals surface area contributed by atoms with Gasteiger partial charge in [-0.05, 0) is 92.2 Å². The van der Waals surface area contributed by atoms with Gasteiger partial charge in [-0.2, -0.15) is 0 Å². The first kappa shape index (κ1) is 27.1. The molecular formula is C30H41N3O4. The number of aliphatic carboxylic acids is 1. The van der Waals surface area contributed by atoms with Gasteiger partial charge in [0.05, 0.1) is 0 Å². The fourth-order valence-electron chi connectivity index (χ4n) is 5.94. The zero-order chi connectivity index (χ0) is 26.0. The number of carboxylic acids is 1. The van der Waals surface area contributed by atoms with E-state index in [4.69, 9.17) is 5.21 Å². The van der Waals surface area contributed by atoms with Crippen molar-refractivity contribution >= 4 is 17.6 Å². The van der Waals surface area contributed by atoms with Crippen molar-refractivity contribution in [3.05, 3.63) is 65.2 Å². The molecule has 7 nitrogen and oxygen atoms in total. The maximum Gasteiger partial charge on any atom is 0.320 e. The van der Waals surface area contributed by atoms with E-state index in [1.807, 2.05) is 12.1 Å². The van der Waals surface area contributed by atoms with Crippen molar-refractivity contribution < 1.29 is 19.9 Å². The molecule has 0 spiro atoms. The maximum absolute atomic E-state index is 11.8. The highest BCUT2D eigenvalue weighted by atomic mass is 16.5. The molecule has 0 unspecified atom stereocenters. The van der Waals surface area contributed by atoms with E-state index in [2.05, 4.69) is 34.5 Å². The van der Waals surface area contributed by atoms with Gasteiger partial charge in [0.15, 0.2) is 0 Å². The summed E-state index contributed by atoms with van der Waals surface area (Å²) in [7, 11) is 0. The Bertz CT molecular complexity index is 994. The van der Waals surface area contributed by atoms with E-state index < -0.39 is 17.9 Å². The number of aryl methyl sites for hydroxylation is 1. The largest absolute Gasteiger partial charge is 0.480 e. The lowest BCUT2D eigenvalue weighted by Crippen LogP contribution is -2.43. The van der Waals surface area contributed by atoms with Crippen LogP contribution >= 0.6 is 0 Å². The molecule has 200 valence electrons. The van der Waals surface area contributed by atoms with Crippen LogP contribution in [0.1, 0.15) is 79.3 Å². The number of anilines is 1. The van der Waals surface area contributed by atoms with Crippen LogP contribution in [-0.4, -0.2) is 41.3 Å². The predicted octanol–water partition coefficient (Wildman–Crippen LogP) is 5.17. The summed E-state index contributed by atoms with van der Waals surface area (Å²) in [6.07, 6.45) is 11.4. The smallest absolute Gasteiger partial charge is 0.320 e. The van der Waals surface area contributed by atoms with Crippen molar-refractivity contribution in [2.75, 3.05) is 18.0 Å². The number of benzene rings is 2. The standard InChI is InChI=1S/C30H41N3O4/c34-29(32-37)26-13-15-27(16-14-26)33-19-17-23(18-20-33)6-4-5-22-9-11-24(12-10-22)21-31-28(30(35)36)25-7-2-1-3-8-25/h9-16,23,25,28,31,37H,1-8,17-21H2,(H,32,34)(H,35,36)/t28-/m0/s1. The number of nitrogens with one attached hydrogen (secondary N) is 2. The van der Waals surface area contributed by atoms with Gasteiger partial charge in [-0.25, -0.2) is 5.48 Å². The van der Waals surface area contributed by atoms with E-state index in [0.717, 1.165) is 62.4 Å². The Morgan fingerprint density at radius 3 is 2.16 bits per heavy atom. The average Bonchev–Trinajstić information content (AvgIpc) is 2.94. The van der Waals surface area contributed by atoms with Crippen molar-refractivity contribution in [2.45, 2.75) is 76.8 Å². The van der Waals surface area contributed by atoms with Crippen LogP contribution in [0.5, 0.6) is 0 Å². The number of piperidine rings is 1. The molecule has 1 atom stereocenters. The molecule has 1 amide bonds. The number of carboxylic acid groups (broad SMARTS) is 1. The second-order valence-corrected chi connectivity index (χ2v) is 10.7. The first-order valence-corrected chi connectivity index (χ1v) is 13.9. The number of hydrogen-bond donors (Lipinski definition) is 4. The molecular weight excluding hydrogens is 466 g/mol. The molecule has 2 aliphatic rings. The SMILES string of the molecule is O=C(NO)c1ccc(N2CCC(CCCc3ccc(CN[C@H](C(=O)O)C4CCCCC4)cc3)CC2)cc1. The number of hydroxylamine groups is 1. The third-order valence-corrected chi connectivity index (χ3v) is 8.22. The minimum Gasteiger partial charge on any atom is -0.480 e. The lowest BCUT2D eigenvalue weighted by molar-refractivity contribution is -0.141. The van der Waals surface area contributed by atoms with Crippen molar-refractivity contribution in [2.24, 2.45) is 11.8 Å². The molecule has 1 aliphatic heterocycles. The molecule has 37 heavy (non-hydrogen) atoms. The third-order valence-electron chi connectivity index (χ3n) is 8.22. The molecule has 2 aromatic carbocycles. The average molecular weight is 508 g/mol. The van der Waals surface area contributed by atoms with E-state index in [9.17, 15) is 14.7 Å². The Morgan fingerprint density at radius 1 is 0.892 bits per heavy atom. The number of amides is 1. The minimum atomic E-state index is -0.723. The van der Waals surface area contributed by atoms with Gasteiger partial charge in [0.1, 0.15) is 6.04 Å². The summed E-state index contributed by atoms with van der Waals surface area (Å²) in [6, 6.07) is 15.6. The highest BCUT2D eigenvalue weighted by Crippen LogP contribution is 2.28. The molecule has 2 aromatic rings. The van der Waals surface area contributed by atoms with Crippen LogP contribution in [0, 0.1) is 11.8 Å². The summed E-state index contributed by atoms with van der Waals surface area (Å²) in [5.74, 6) is -0.220. The fourth-order valence-corrected chi connectivity index (χ4v) is 5.94. The van der Waals surface area contributed by atoms with Crippen molar-refractivity contribution in [3.8, 4) is 0 Å². The number of hydrogen-bond acceptors (Lipinski definition) is 5.